The molecular weight excluding hydrogens is 230 g/mol. The lowest BCUT2D eigenvalue weighted by Crippen LogP contribution is -2.55. The first-order valence-electron chi connectivity index (χ1n) is 5.20. The van der Waals surface area contributed by atoms with Gasteiger partial charge in [-0.3, -0.25) is 9.59 Å². The zero-order valence-corrected chi connectivity index (χ0v) is 10.7. The SMILES string of the molecule is CC(C)(C)NC(=O)CNC(=O)[C@H]1CCN1.Cl. The van der Waals surface area contributed by atoms with Crippen molar-refractivity contribution in [1.29, 1.82) is 0 Å². The first kappa shape index (κ1) is 15.2. The molecule has 1 rings (SSSR count). The normalized spacial score (nSPS) is 19.1. The lowest BCUT2D eigenvalue weighted by Gasteiger charge is -2.26. The summed E-state index contributed by atoms with van der Waals surface area (Å²) in [4.78, 5) is 22.7. The van der Waals surface area contributed by atoms with Crippen molar-refractivity contribution in [3.05, 3.63) is 0 Å². The molecule has 1 heterocycles. The molecule has 0 unspecified atom stereocenters. The van der Waals surface area contributed by atoms with Crippen molar-refractivity contribution in [2.24, 2.45) is 0 Å². The van der Waals surface area contributed by atoms with Crippen LogP contribution in [0.4, 0.5) is 0 Å². The van der Waals surface area contributed by atoms with E-state index in [0.717, 1.165) is 13.0 Å². The van der Waals surface area contributed by atoms with Gasteiger partial charge in [0.1, 0.15) is 0 Å². The van der Waals surface area contributed by atoms with Crippen molar-refractivity contribution in [3.8, 4) is 0 Å². The van der Waals surface area contributed by atoms with E-state index in [1.165, 1.54) is 0 Å². The van der Waals surface area contributed by atoms with Crippen LogP contribution in [0.1, 0.15) is 27.2 Å². The van der Waals surface area contributed by atoms with Gasteiger partial charge in [0.15, 0.2) is 0 Å². The van der Waals surface area contributed by atoms with Crippen LogP contribution in [-0.4, -0.2) is 36.5 Å². The number of hydrogen-bond acceptors (Lipinski definition) is 3. The molecule has 1 aliphatic rings. The molecule has 3 N–H and O–H groups in total. The van der Waals surface area contributed by atoms with Crippen LogP contribution in [0.15, 0.2) is 0 Å². The summed E-state index contributed by atoms with van der Waals surface area (Å²) in [6, 6.07) is -0.104. The van der Waals surface area contributed by atoms with Gasteiger partial charge in [0, 0.05) is 5.54 Å². The van der Waals surface area contributed by atoms with Gasteiger partial charge in [0.05, 0.1) is 12.6 Å². The van der Waals surface area contributed by atoms with E-state index in [1.54, 1.807) is 0 Å². The van der Waals surface area contributed by atoms with E-state index in [2.05, 4.69) is 16.0 Å². The maximum Gasteiger partial charge on any atom is 0.239 e. The molecule has 1 atom stereocenters. The van der Waals surface area contributed by atoms with Crippen molar-refractivity contribution >= 4 is 24.2 Å². The zero-order chi connectivity index (χ0) is 11.5. The largest absolute Gasteiger partial charge is 0.350 e. The highest BCUT2D eigenvalue weighted by Gasteiger charge is 2.24. The van der Waals surface area contributed by atoms with E-state index in [9.17, 15) is 9.59 Å². The molecule has 94 valence electrons. The molecular formula is C10H20ClN3O2. The van der Waals surface area contributed by atoms with Crippen molar-refractivity contribution < 1.29 is 9.59 Å². The first-order chi connectivity index (χ1) is 6.88. The van der Waals surface area contributed by atoms with Crippen LogP contribution in [-0.2, 0) is 9.59 Å². The number of amides is 2. The minimum atomic E-state index is -0.253. The smallest absolute Gasteiger partial charge is 0.239 e. The second-order valence-corrected chi connectivity index (χ2v) is 4.81. The summed E-state index contributed by atoms with van der Waals surface area (Å²) < 4.78 is 0. The Bertz CT molecular complexity index is 259. The quantitative estimate of drug-likeness (QED) is 0.649. The number of carbonyl (C=O) groups excluding carboxylic acids is 2. The average Bonchev–Trinajstić information content (AvgIpc) is 1.94. The maximum atomic E-state index is 11.3. The summed E-state index contributed by atoms with van der Waals surface area (Å²) in [5.41, 5.74) is -0.253. The topological polar surface area (TPSA) is 70.2 Å². The molecule has 1 fully saturated rings. The Labute approximate surface area is 102 Å². The predicted molar refractivity (Wildman–Crippen MR) is 64.6 cm³/mol. The van der Waals surface area contributed by atoms with Crippen molar-refractivity contribution in [2.45, 2.75) is 38.8 Å². The van der Waals surface area contributed by atoms with Gasteiger partial charge < -0.3 is 16.0 Å². The molecule has 0 aromatic heterocycles. The van der Waals surface area contributed by atoms with Crippen LogP contribution in [0.5, 0.6) is 0 Å². The lowest BCUT2D eigenvalue weighted by molar-refractivity contribution is -0.128. The van der Waals surface area contributed by atoms with Crippen LogP contribution in [0, 0.1) is 0 Å². The molecule has 1 saturated heterocycles. The molecule has 0 aliphatic carbocycles. The number of hydrogen-bond donors (Lipinski definition) is 3. The van der Waals surface area contributed by atoms with Gasteiger partial charge in [-0.15, -0.1) is 12.4 Å². The van der Waals surface area contributed by atoms with Gasteiger partial charge in [-0.05, 0) is 33.7 Å². The van der Waals surface area contributed by atoms with Crippen molar-refractivity contribution in [2.75, 3.05) is 13.1 Å². The highest BCUT2D eigenvalue weighted by Crippen LogP contribution is 2.01. The highest BCUT2D eigenvalue weighted by atomic mass is 35.5. The van der Waals surface area contributed by atoms with E-state index in [0.29, 0.717) is 0 Å². The second kappa shape index (κ2) is 6.06. The molecule has 0 aromatic carbocycles. The third-order valence-electron chi connectivity index (χ3n) is 2.08. The summed E-state index contributed by atoms with van der Waals surface area (Å²) in [6.07, 6.45) is 0.854. The fraction of sp³-hybridized carbons (Fsp3) is 0.800. The minimum absolute atomic E-state index is 0. The molecule has 1 aliphatic heterocycles. The number of nitrogens with one attached hydrogen (secondary N) is 3. The van der Waals surface area contributed by atoms with Crippen LogP contribution < -0.4 is 16.0 Å². The highest BCUT2D eigenvalue weighted by molar-refractivity contribution is 5.88. The fourth-order valence-corrected chi connectivity index (χ4v) is 1.27. The molecule has 0 bridgehead atoms. The molecule has 16 heavy (non-hydrogen) atoms. The van der Waals surface area contributed by atoms with Gasteiger partial charge in [-0.2, -0.15) is 0 Å². The van der Waals surface area contributed by atoms with Crippen LogP contribution in [0.3, 0.4) is 0 Å². The second-order valence-electron chi connectivity index (χ2n) is 4.81. The fourth-order valence-electron chi connectivity index (χ4n) is 1.27. The lowest BCUT2D eigenvalue weighted by atomic mass is 10.1. The Morgan fingerprint density at radius 2 is 1.94 bits per heavy atom. The summed E-state index contributed by atoms with van der Waals surface area (Å²) in [5, 5.41) is 8.34. The monoisotopic (exact) mass is 249 g/mol. The summed E-state index contributed by atoms with van der Waals surface area (Å²) in [5.74, 6) is -0.250. The van der Waals surface area contributed by atoms with Gasteiger partial charge >= 0.3 is 0 Å². The van der Waals surface area contributed by atoms with Gasteiger partial charge in [-0.1, -0.05) is 0 Å². The maximum absolute atomic E-state index is 11.3. The third-order valence-corrected chi connectivity index (χ3v) is 2.08. The zero-order valence-electron chi connectivity index (χ0n) is 9.92. The molecule has 5 nitrogen and oxygen atoms in total. The Morgan fingerprint density at radius 1 is 1.38 bits per heavy atom. The third kappa shape index (κ3) is 5.32. The van der Waals surface area contributed by atoms with E-state index in [1.807, 2.05) is 20.8 Å². The molecule has 0 radical (unpaired) electrons. The summed E-state index contributed by atoms with van der Waals surface area (Å²) >= 11 is 0. The van der Waals surface area contributed by atoms with Crippen LogP contribution in [0.2, 0.25) is 0 Å². The standard InChI is InChI=1S/C10H19N3O2.ClH/c1-10(2,3)13-8(14)6-12-9(15)7-4-5-11-7;/h7,11H,4-6H2,1-3H3,(H,12,15)(H,13,14);1H/t7-;/m1./s1. The molecule has 0 aromatic rings. The predicted octanol–water partition coefficient (Wildman–Crippen LogP) is -0.199. The van der Waals surface area contributed by atoms with E-state index >= 15 is 0 Å². The number of carbonyl (C=O) groups is 2. The Hall–Kier alpha value is -0.810. The molecule has 0 saturated carbocycles. The number of halogens is 1. The minimum Gasteiger partial charge on any atom is -0.350 e. The van der Waals surface area contributed by atoms with Crippen LogP contribution in [0.25, 0.3) is 0 Å². The van der Waals surface area contributed by atoms with E-state index < -0.39 is 0 Å². The Kier molecular flexibility index (Phi) is 5.75. The number of rotatable bonds is 3. The molecule has 2 amide bonds. The van der Waals surface area contributed by atoms with Crippen LogP contribution >= 0.6 is 12.4 Å². The van der Waals surface area contributed by atoms with Gasteiger partial charge in [0.2, 0.25) is 11.8 Å². The van der Waals surface area contributed by atoms with Gasteiger partial charge in [0.25, 0.3) is 0 Å². The molecule has 6 heteroatoms. The Morgan fingerprint density at radius 3 is 2.31 bits per heavy atom. The molecule has 0 spiro atoms. The van der Waals surface area contributed by atoms with E-state index in [4.69, 9.17) is 0 Å². The summed E-state index contributed by atoms with van der Waals surface area (Å²) in [7, 11) is 0. The van der Waals surface area contributed by atoms with Gasteiger partial charge in [-0.25, -0.2) is 0 Å². The van der Waals surface area contributed by atoms with Crippen molar-refractivity contribution in [1.82, 2.24) is 16.0 Å². The first-order valence-corrected chi connectivity index (χ1v) is 5.20. The average molecular weight is 250 g/mol. The van der Waals surface area contributed by atoms with E-state index in [-0.39, 0.29) is 42.3 Å². The Balaban J connectivity index is 0.00000225. The van der Waals surface area contributed by atoms with Crippen molar-refractivity contribution in [3.63, 3.8) is 0 Å². The summed E-state index contributed by atoms with van der Waals surface area (Å²) in [6.45, 7) is 6.64.